The monoisotopic (exact) mass is 264 g/mol. The number of hydrogen-bond acceptors (Lipinski definition) is 4. The molecule has 0 rings (SSSR count). The van der Waals surface area contributed by atoms with E-state index in [2.05, 4.69) is 6.92 Å². The van der Waals surface area contributed by atoms with Crippen LogP contribution in [0, 0.1) is 0 Å². The van der Waals surface area contributed by atoms with Gasteiger partial charge in [0.1, 0.15) is 0 Å². The molecule has 0 aromatic rings. The lowest BCUT2D eigenvalue weighted by Gasteiger charge is -2.29. The van der Waals surface area contributed by atoms with Crippen molar-refractivity contribution in [1.29, 1.82) is 0 Å². The van der Waals surface area contributed by atoms with Gasteiger partial charge in [0, 0.05) is 27.2 Å². The summed E-state index contributed by atoms with van der Waals surface area (Å²) in [5.41, 5.74) is 0. The normalized spacial score (nSPS) is 15.1. The molecule has 0 aliphatic carbocycles. The van der Waals surface area contributed by atoms with Gasteiger partial charge < -0.3 is 18.2 Å². The van der Waals surface area contributed by atoms with Gasteiger partial charge in [0.25, 0.3) is 0 Å². The van der Waals surface area contributed by atoms with Crippen molar-refractivity contribution < 1.29 is 14.6 Å². The highest BCUT2D eigenvalue weighted by atomic mass is 28.4. The summed E-state index contributed by atoms with van der Waals surface area (Å²) in [5.74, 6) is 0. The average molecular weight is 264 g/mol. The van der Waals surface area contributed by atoms with E-state index in [4.69, 9.17) is 14.6 Å². The van der Waals surface area contributed by atoms with E-state index in [1.807, 2.05) is 32.7 Å². The highest BCUT2D eigenvalue weighted by Gasteiger charge is 2.39. The van der Waals surface area contributed by atoms with Crippen LogP contribution in [0.2, 0.25) is 6.04 Å². The van der Waals surface area contributed by atoms with E-state index >= 15 is 0 Å². The highest BCUT2D eigenvalue weighted by molar-refractivity contribution is 6.60. The molecule has 5 heteroatoms. The van der Waals surface area contributed by atoms with Gasteiger partial charge in [-0.15, -0.1) is 0 Å². The van der Waals surface area contributed by atoms with Gasteiger partial charge in [-0.05, 0) is 47.3 Å². The van der Waals surface area contributed by atoms with E-state index in [-0.39, 0.29) is 6.52 Å². The molecule has 17 heavy (non-hydrogen) atoms. The number of rotatable bonds is 11. The lowest BCUT2D eigenvalue weighted by Crippen LogP contribution is -2.46. The molecule has 0 heterocycles. The predicted molar refractivity (Wildman–Crippen MR) is 73.2 cm³/mol. The smallest absolute Gasteiger partial charge is 0.374 e. The fourth-order valence-electron chi connectivity index (χ4n) is 1.59. The molecule has 0 saturated carbocycles. The van der Waals surface area contributed by atoms with Crippen molar-refractivity contribution in [2.45, 2.75) is 40.2 Å². The van der Waals surface area contributed by atoms with E-state index in [0.717, 1.165) is 13.0 Å². The minimum atomic E-state index is -2.56. The summed E-state index contributed by atoms with van der Waals surface area (Å²) in [7, 11) is -0.602. The molecule has 4 nitrogen and oxygen atoms in total. The van der Waals surface area contributed by atoms with Gasteiger partial charge in [-0.1, -0.05) is 6.92 Å². The van der Waals surface area contributed by atoms with Crippen LogP contribution in [0.5, 0.6) is 0 Å². The minimum Gasteiger partial charge on any atom is -0.374 e. The van der Waals surface area contributed by atoms with Crippen molar-refractivity contribution in [2.24, 2.45) is 0 Å². The topological polar surface area (TPSA) is 30.9 Å². The zero-order valence-electron chi connectivity index (χ0n) is 13.0. The first-order chi connectivity index (χ1) is 8.55. The van der Waals surface area contributed by atoms with Crippen molar-refractivity contribution in [3.05, 3.63) is 0 Å². The SMILES string of the molecule is [2H]C(CC[Si](OCC)(OCC)OCC)N(C)CC. The number of nitrogens with zero attached hydrogens (tertiary/aromatic N) is 1. The second kappa shape index (κ2) is 10.0. The molecule has 1 unspecified atom stereocenters. The van der Waals surface area contributed by atoms with Crippen LogP contribution in [0.1, 0.15) is 35.5 Å². The summed E-state index contributed by atoms with van der Waals surface area (Å²) in [6, 6.07) is 0.709. The average Bonchev–Trinajstić information content (AvgIpc) is 2.36. The van der Waals surface area contributed by atoms with E-state index in [1.54, 1.807) is 0 Å². The standard InChI is InChI=1S/C12H29NO3Si/c1-6-13(5)11-10-12-17(14-7-2,15-8-3)16-9-4/h6-12H2,1-5H3/i11D. The number of hydrogen-bond donors (Lipinski definition) is 0. The van der Waals surface area contributed by atoms with E-state index in [0.29, 0.717) is 25.9 Å². The molecular formula is C12H29NO3Si. The molecule has 0 N–H and O–H groups in total. The molecule has 104 valence electrons. The Bertz CT molecular complexity index is 193. The summed E-state index contributed by atoms with van der Waals surface area (Å²) < 4.78 is 25.3. The third kappa shape index (κ3) is 7.16. The first kappa shape index (κ1) is 15.1. The zero-order chi connectivity index (χ0) is 14.0. The van der Waals surface area contributed by atoms with Gasteiger partial charge in [-0.25, -0.2) is 0 Å². The summed E-state index contributed by atoms with van der Waals surface area (Å²) in [4.78, 5) is 2.00. The van der Waals surface area contributed by atoms with Crippen molar-refractivity contribution in [3.8, 4) is 0 Å². The Morgan fingerprint density at radius 1 is 1.00 bits per heavy atom. The van der Waals surface area contributed by atoms with Gasteiger partial charge in [-0.2, -0.15) is 0 Å². The van der Waals surface area contributed by atoms with Gasteiger partial charge in [0.15, 0.2) is 0 Å². The molecule has 0 spiro atoms. The van der Waals surface area contributed by atoms with Crippen LogP contribution in [0.25, 0.3) is 0 Å². The Balaban J connectivity index is 4.45. The quantitative estimate of drug-likeness (QED) is 0.536. The molecule has 0 aliphatic heterocycles. The maximum Gasteiger partial charge on any atom is 0.500 e. The van der Waals surface area contributed by atoms with Crippen LogP contribution in [0.15, 0.2) is 0 Å². The lowest BCUT2D eigenvalue weighted by atomic mass is 10.4. The Morgan fingerprint density at radius 2 is 1.47 bits per heavy atom. The maximum atomic E-state index is 8.04. The van der Waals surface area contributed by atoms with E-state index in [9.17, 15) is 0 Å². The molecule has 0 fully saturated rings. The highest BCUT2D eigenvalue weighted by Crippen LogP contribution is 2.18. The molecule has 0 radical (unpaired) electrons. The summed E-state index contributed by atoms with van der Waals surface area (Å²) in [6.45, 7) is 10.4. The summed E-state index contributed by atoms with van der Waals surface area (Å²) >= 11 is 0. The van der Waals surface area contributed by atoms with Crippen LogP contribution in [-0.4, -0.2) is 53.6 Å². The molecule has 0 aromatic carbocycles. The van der Waals surface area contributed by atoms with Crippen molar-refractivity contribution in [2.75, 3.05) is 39.9 Å². The Morgan fingerprint density at radius 3 is 1.82 bits per heavy atom. The van der Waals surface area contributed by atoms with Gasteiger partial charge in [-0.3, -0.25) is 0 Å². The molecule has 1 atom stereocenters. The van der Waals surface area contributed by atoms with Gasteiger partial charge in [0.2, 0.25) is 0 Å². The second-order valence-electron chi connectivity index (χ2n) is 3.78. The van der Waals surface area contributed by atoms with E-state index < -0.39 is 8.80 Å². The summed E-state index contributed by atoms with van der Waals surface area (Å²) in [6.07, 6.45) is 0.719. The van der Waals surface area contributed by atoms with Crippen LogP contribution in [0.4, 0.5) is 0 Å². The first-order valence-electron chi connectivity index (χ1n) is 7.17. The largest absolute Gasteiger partial charge is 0.500 e. The van der Waals surface area contributed by atoms with Crippen LogP contribution >= 0.6 is 0 Å². The third-order valence-electron chi connectivity index (χ3n) is 2.48. The Labute approximate surface area is 109 Å². The molecule has 0 aromatic heterocycles. The minimum absolute atomic E-state index is 0.219. The molecule has 0 bridgehead atoms. The molecular weight excluding hydrogens is 234 g/mol. The first-order valence-corrected chi connectivity index (χ1v) is 8.52. The fourth-order valence-corrected chi connectivity index (χ4v) is 4.08. The van der Waals surface area contributed by atoms with Crippen molar-refractivity contribution in [3.63, 3.8) is 0 Å². The predicted octanol–water partition coefficient (Wildman–Crippen LogP) is 2.38. The summed E-state index contributed by atoms with van der Waals surface area (Å²) in [5, 5.41) is 0. The van der Waals surface area contributed by atoms with Crippen molar-refractivity contribution >= 4 is 8.80 Å². The van der Waals surface area contributed by atoms with Gasteiger partial charge >= 0.3 is 8.80 Å². The maximum absolute atomic E-state index is 8.04. The van der Waals surface area contributed by atoms with Crippen molar-refractivity contribution in [1.82, 2.24) is 4.90 Å². The van der Waals surface area contributed by atoms with Gasteiger partial charge in [0.05, 0.1) is 0 Å². The second-order valence-corrected chi connectivity index (χ2v) is 6.51. The lowest BCUT2D eigenvalue weighted by molar-refractivity contribution is 0.0702. The molecule has 0 amide bonds. The molecule has 0 aliphatic rings. The van der Waals surface area contributed by atoms with Crippen LogP contribution < -0.4 is 0 Å². The molecule has 0 saturated heterocycles. The van der Waals surface area contributed by atoms with Crippen LogP contribution in [-0.2, 0) is 13.3 Å². The van der Waals surface area contributed by atoms with Crippen LogP contribution in [0.3, 0.4) is 0 Å². The zero-order valence-corrected chi connectivity index (χ0v) is 13.0. The third-order valence-corrected chi connectivity index (χ3v) is 5.57. The Kier molecular flexibility index (Phi) is 8.91. The Hall–Kier alpha value is 0.0569. The fraction of sp³-hybridized carbons (Fsp3) is 1.00. The van der Waals surface area contributed by atoms with E-state index in [1.165, 1.54) is 0 Å².